The van der Waals surface area contributed by atoms with Gasteiger partial charge in [-0.25, -0.2) is 4.57 Å². The molecule has 8 nitrogen and oxygen atoms in total. The number of hydrogen-bond acceptors (Lipinski definition) is 6. The fourth-order valence-electron chi connectivity index (χ4n) is 4.48. The molecule has 1 amide bonds. The molecule has 3 atom stereocenters. The Morgan fingerprint density at radius 1 is 0.780 bits per heavy atom. The third kappa shape index (κ3) is 27.6. The van der Waals surface area contributed by atoms with Crippen LogP contribution in [0.3, 0.4) is 0 Å². The standard InChI is InChI=1S/C32H63N2O6P/c1-3-5-7-9-11-13-14-15-16-18-20-22-24-26-32(36)34-30(29-40-41(37,38)39-28-27-33)31(35)25-23-21-19-17-12-10-8-6-4-2/h13-14,23,25,30-31,35H,3-12,15-22,24,26-29,33H2,1-2H3,(H,34,36)(H,37,38)/b14-13-,25-23+. The maximum atomic E-state index is 12.6. The van der Waals surface area contributed by atoms with E-state index in [1.165, 1.54) is 70.6 Å². The minimum Gasteiger partial charge on any atom is -0.387 e. The quantitative estimate of drug-likeness (QED) is 0.0374. The van der Waals surface area contributed by atoms with Crippen LogP contribution in [0.4, 0.5) is 0 Å². The normalized spacial score (nSPS) is 15.0. The number of allylic oxidation sites excluding steroid dienone is 3. The van der Waals surface area contributed by atoms with Crippen LogP contribution in [-0.2, 0) is 18.4 Å². The monoisotopic (exact) mass is 602 g/mol. The van der Waals surface area contributed by atoms with E-state index >= 15 is 0 Å². The lowest BCUT2D eigenvalue weighted by Gasteiger charge is -2.23. The number of carbonyl (C=O) groups is 1. The summed E-state index contributed by atoms with van der Waals surface area (Å²) in [5.41, 5.74) is 5.33. The molecular formula is C32H63N2O6P. The highest BCUT2D eigenvalue weighted by molar-refractivity contribution is 7.47. The third-order valence-corrected chi connectivity index (χ3v) is 8.01. The lowest BCUT2D eigenvalue weighted by atomic mass is 10.1. The number of unbranched alkanes of at least 4 members (excludes halogenated alkanes) is 16. The molecule has 9 heteroatoms. The number of nitrogens with one attached hydrogen (secondary N) is 1. The molecule has 3 unspecified atom stereocenters. The van der Waals surface area contributed by atoms with Crippen LogP contribution in [0.15, 0.2) is 24.3 Å². The molecule has 0 aromatic carbocycles. The van der Waals surface area contributed by atoms with Gasteiger partial charge in [-0.2, -0.15) is 0 Å². The summed E-state index contributed by atoms with van der Waals surface area (Å²) in [7, 11) is -4.32. The fraction of sp³-hybridized carbons (Fsp3) is 0.844. The molecule has 0 spiro atoms. The Kier molecular flexibility index (Phi) is 28.3. The Hall–Kier alpha value is -1.02. The lowest BCUT2D eigenvalue weighted by molar-refractivity contribution is -0.123. The van der Waals surface area contributed by atoms with E-state index in [2.05, 4.69) is 31.3 Å². The molecule has 0 saturated heterocycles. The molecule has 0 bridgehead atoms. The van der Waals surface area contributed by atoms with E-state index in [4.69, 9.17) is 14.8 Å². The Morgan fingerprint density at radius 3 is 1.83 bits per heavy atom. The fourth-order valence-corrected chi connectivity index (χ4v) is 5.24. The van der Waals surface area contributed by atoms with Crippen LogP contribution in [0.5, 0.6) is 0 Å². The molecule has 0 aliphatic rings. The van der Waals surface area contributed by atoms with Crippen molar-refractivity contribution < 1.29 is 28.4 Å². The summed E-state index contributed by atoms with van der Waals surface area (Å²) in [5.74, 6) is -0.209. The maximum Gasteiger partial charge on any atom is 0.472 e. The van der Waals surface area contributed by atoms with Crippen molar-refractivity contribution in [1.29, 1.82) is 0 Å². The van der Waals surface area contributed by atoms with Gasteiger partial charge < -0.3 is 21.1 Å². The molecule has 0 heterocycles. The van der Waals surface area contributed by atoms with Gasteiger partial charge in [-0.05, 0) is 44.9 Å². The van der Waals surface area contributed by atoms with E-state index in [9.17, 15) is 19.4 Å². The van der Waals surface area contributed by atoms with E-state index in [1.54, 1.807) is 6.08 Å². The van der Waals surface area contributed by atoms with Crippen LogP contribution in [0.25, 0.3) is 0 Å². The summed E-state index contributed by atoms with van der Waals surface area (Å²) >= 11 is 0. The van der Waals surface area contributed by atoms with Crippen molar-refractivity contribution in [3.8, 4) is 0 Å². The minimum atomic E-state index is -4.32. The molecule has 242 valence electrons. The van der Waals surface area contributed by atoms with E-state index in [0.29, 0.717) is 6.42 Å². The van der Waals surface area contributed by atoms with Crippen LogP contribution < -0.4 is 11.1 Å². The van der Waals surface area contributed by atoms with Gasteiger partial charge in [0.1, 0.15) is 0 Å². The number of aliphatic hydroxyl groups excluding tert-OH is 1. The molecule has 0 saturated carbocycles. The van der Waals surface area contributed by atoms with E-state index in [1.807, 2.05) is 6.08 Å². The number of phosphoric acid groups is 1. The first-order valence-corrected chi connectivity index (χ1v) is 18.0. The second-order valence-corrected chi connectivity index (χ2v) is 12.5. The van der Waals surface area contributed by atoms with Crippen molar-refractivity contribution in [2.24, 2.45) is 5.73 Å². The van der Waals surface area contributed by atoms with Gasteiger partial charge >= 0.3 is 7.82 Å². The van der Waals surface area contributed by atoms with Gasteiger partial charge in [-0.1, -0.05) is 115 Å². The number of rotatable bonds is 30. The Balaban J connectivity index is 4.41. The summed E-state index contributed by atoms with van der Waals surface area (Å²) in [4.78, 5) is 22.4. The Labute approximate surface area is 251 Å². The first-order valence-electron chi connectivity index (χ1n) is 16.5. The summed E-state index contributed by atoms with van der Waals surface area (Å²) in [6.45, 7) is 4.05. The highest BCUT2D eigenvalue weighted by Gasteiger charge is 2.26. The molecular weight excluding hydrogens is 539 g/mol. The predicted molar refractivity (Wildman–Crippen MR) is 171 cm³/mol. The van der Waals surface area contributed by atoms with Crippen LogP contribution in [0.2, 0.25) is 0 Å². The van der Waals surface area contributed by atoms with Crippen LogP contribution in [0, 0.1) is 0 Å². The van der Waals surface area contributed by atoms with Gasteiger partial charge in [-0.15, -0.1) is 0 Å². The number of hydrogen-bond donors (Lipinski definition) is 4. The summed E-state index contributed by atoms with van der Waals surface area (Å²) in [5, 5.41) is 13.5. The first-order chi connectivity index (χ1) is 19.9. The largest absolute Gasteiger partial charge is 0.472 e. The van der Waals surface area contributed by atoms with Gasteiger partial charge in [-0.3, -0.25) is 13.8 Å². The SMILES string of the molecule is CCCCCC/C=C\CCCCCCCC(=O)NC(COP(=O)(O)OCCN)C(O)/C=C/CCCCCCCCC. The number of amides is 1. The average molecular weight is 603 g/mol. The highest BCUT2D eigenvalue weighted by Crippen LogP contribution is 2.43. The zero-order valence-electron chi connectivity index (χ0n) is 26.3. The van der Waals surface area contributed by atoms with Gasteiger partial charge in [0.25, 0.3) is 0 Å². The van der Waals surface area contributed by atoms with E-state index < -0.39 is 20.0 Å². The average Bonchev–Trinajstić information content (AvgIpc) is 2.95. The third-order valence-electron chi connectivity index (χ3n) is 7.02. The number of phosphoric ester groups is 1. The van der Waals surface area contributed by atoms with Crippen molar-refractivity contribution >= 4 is 13.7 Å². The maximum absolute atomic E-state index is 12.6. The predicted octanol–water partition coefficient (Wildman–Crippen LogP) is 7.88. The first kappa shape index (κ1) is 40.0. The van der Waals surface area contributed by atoms with E-state index in [0.717, 1.165) is 51.4 Å². The van der Waals surface area contributed by atoms with Crippen molar-refractivity contribution in [1.82, 2.24) is 5.32 Å². The molecule has 0 aliphatic carbocycles. The van der Waals surface area contributed by atoms with Gasteiger partial charge in [0.05, 0.1) is 25.4 Å². The van der Waals surface area contributed by atoms with Crippen LogP contribution in [-0.4, -0.2) is 47.8 Å². The van der Waals surface area contributed by atoms with Gasteiger partial charge in [0.2, 0.25) is 5.91 Å². The Bertz CT molecular complexity index is 704. The molecule has 0 fully saturated rings. The van der Waals surface area contributed by atoms with E-state index in [-0.39, 0.29) is 25.7 Å². The zero-order valence-corrected chi connectivity index (χ0v) is 27.2. The molecule has 0 radical (unpaired) electrons. The van der Waals surface area contributed by atoms with Gasteiger partial charge in [0.15, 0.2) is 0 Å². The van der Waals surface area contributed by atoms with Crippen molar-refractivity contribution in [2.45, 2.75) is 154 Å². The molecule has 0 aliphatic heterocycles. The summed E-state index contributed by atoms with van der Waals surface area (Å²) < 4.78 is 21.9. The zero-order chi connectivity index (χ0) is 30.4. The molecule has 0 rings (SSSR count). The van der Waals surface area contributed by atoms with Crippen molar-refractivity contribution in [3.63, 3.8) is 0 Å². The second-order valence-electron chi connectivity index (χ2n) is 11.0. The molecule has 0 aromatic rings. The molecule has 5 N–H and O–H groups in total. The van der Waals surface area contributed by atoms with Crippen LogP contribution >= 0.6 is 7.82 Å². The summed E-state index contributed by atoms with van der Waals surface area (Å²) in [6, 6.07) is -0.858. The topological polar surface area (TPSA) is 131 Å². The Morgan fingerprint density at radius 2 is 1.27 bits per heavy atom. The smallest absolute Gasteiger partial charge is 0.387 e. The molecule has 41 heavy (non-hydrogen) atoms. The molecule has 0 aromatic heterocycles. The van der Waals surface area contributed by atoms with Gasteiger partial charge in [0, 0.05) is 13.0 Å². The van der Waals surface area contributed by atoms with Crippen molar-refractivity contribution in [3.05, 3.63) is 24.3 Å². The number of carbonyl (C=O) groups excluding carboxylic acids is 1. The second kappa shape index (κ2) is 29.1. The lowest BCUT2D eigenvalue weighted by Crippen LogP contribution is -2.45. The minimum absolute atomic E-state index is 0.0772. The summed E-state index contributed by atoms with van der Waals surface area (Å²) in [6.07, 6.45) is 29.4. The van der Waals surface area contributed by atoms with Crippen LogP contribution in [0.1, 0.15) is 142 Å². The number of aliphatic hydroxyl groups is 1. The van der Waals surface area contributed by atoms with Crippen molar-refractivity contribution in [2.75, 3.05) is 19.8 Å². The number of nitrogens with two attached hydrogens (primary N) is 1. The highest BCUT2D eigenvalue weighted by atomic mass is 31.2.